The molecule has 0 aliphatic heterocycles. The maximum absolute atomic E-state index is 13.1. The van der Waals surface area contributed by atoms with Gasteiger partial charge in [0.2, 0.25) is 0 Å². The van der Waals surface area contributed by atoms with Gasteiger partial charge in [-0.15, -0.1) is 0 Å². The quantitative estimate of drug-likeness (QED) is 0.220. The molecule has 0 aliphatic carbocycles. The number of carbonyl (C=O) groups excluding carboxylic acids is 1. The highest BCUT2D eigenvalue weighted by molar-refractivity contribution is 9.10. The number of hydroxylamine groups is 1. The average Bonchev–Trinajstić information content (AvgIpc) is 2.81. The number of ether oxygens (including phenoxy) is 1. The second kappa shape index (κ2) is 11.1. The molecule has 3 aromatic carbocycles. The fourth-order valence-electron chi connectivity index (χ4n) is 3.06. The van der Waals surface area contributed by atoms with E-state index in [9.17, 15) is 9.35 Å². The molecule has 3 rings (SSSR count). The molecule has 0 aliphatic rings. The maximum Gasteiger partial charge on any atom is 0.276 e. The summed E-state index contributed by atoms with van der Waals surface area (Å²) in [5.41, 5.74) is 3.94. The van der Waals surface area contributed by atoms with Crippen LogP contribution in [0.2, 0.25) is 0 Å². The van der Waals surface area contributed by atoms with E-state index in [1.54, 1.807) is 49.8 Å². The molecule has 0 radical (unpaired) electrons. The lowest BCUT2D eigenvalue weighted by atomic mass is 10.1. The third-order valence-corrected chi connectivity index (χ3v) is 6.33. The van der Waals surface area contributed by atoms with Crippen LogP contribution in [0.25, 0.3) is 0 Å². The summed E-state index contributed by atoms with van der Waals surface area (Å²) in [6.45, 7) is 2.03. The second-order valence-electron chi connectivity index (χ2n) is 6.73. The molecule has 32 heavy (non-hydrogen) atoms. The maximum atomic E-state index is 13.1. The van der Waals surface area contributed by atoms with Crippen molar-refractivity contribution in [2.75, 3.05) is 18.0 Å². The first kappa shape index (κ1) is 23.7. The van der Waals surface area contributed by atoms with Crippen LogP contribution in [0.5, 0.6) is 5.75 Å². The van der Waals surface area contributed by atoms with E-state index in [4.69, 9.17) is 9.94 Å². The number of amides is 1. The SMILES string of the molecule is Cc1cc(Br)cc(C(=O)NO)c1N(C)[S+]([O-])c1ccc(OCC#Cc2ccccc2)cc1. The van der Waals surface area contributed by atoms with Crippen LogP contribution in [-0.2, 0) is 11.4 Å². The standard InChI is InChI=1S/C24H21BrN2O4S/c1-17-15-19(25)16-22(24(28)26-29)23(17)27(2)32(30)21-12-10-20(11-13-21)31-14-6-9-18-7-4-3-5-8-18/h3-5,7-8,10-13,15-16,29H,14H2,1-2H3,(H,26,28). The van der Waals surface area contributed by atoms with E-state index >= 15 is 0 Å². The highest BCUT2D eigenvalue weighted by Crippen LogP contribution is 2.32. The molecule has 1 amide bonds. The number of rotatable bonds is 6. The molecular formula is C24H21BrN2O4S. The smallest absolute Gasteiger partial charge is 0.276 e. The van der Waals surface area contributed by atoms with Crippen LogP contribution < -0.4 is 14.5 Å². The van der Waals surface area contributed by atoms with E-state index in [-0.39, 0.29) is 12.2 Å². The number of halogens is 1. The van der Waals surface area contributed by atoms with Crippen molar-refractivity contribution in [3.8, 4) is 17.6 Å². The summed E-state index contributed by atoms with van der Waals surface area (Å²) < 4.78 is 20.9. The number of nitrogens with one attached hydrogen (secondary N) is 1. The Morgan fingerprint density at radius 3 is 2.53 bits per heavy atom. The summed E-state index contributed by atoms with van der Waals surface area (Å²) in [6, 6.07) is 19.9. The van der Waals surface area contributed by atoms with Crippen LogP contribution in [0.15, 0.2) is 76.1 Å². The lowest BCUT2D eigenvalue weighted by Gasteiger charge is -2.25. The van der Waals surface area contributed by atoms with E-state index in [1.165, 1.54) is 4.31 Å². The fourth-order valence-corrected chi connectivity index (χ4v) is 4.72. The Morgan fingerprint density at radius 1 is 1.19 bits per heavy atom. The summed E-state index contributed by atoms with van der Waals surface area (Å²) in [5.74, 6) is 5.90. The Balaban J connectivity index is 1.71. The zero-order valence-electron chi connectivity index (χ0n) is 17.5. The summed E-state index contributed by atoms with van der Waals surface area (Å²) in [4.78, 5) is 12.7. The van der Waals surface area contributed by atoms with Gasteiger partial charge in [-0.1, -0.05) is 46.0 Å². The first-order valence-corrected chi connectivity index (χ1v) is 11.5. The van der Waals surface area contributed by atoms with Gasteiger partial charge in [-0.2, -0.15) is 4.31 Å². The van der Waals surface area contributed by atoms with Crippen LogP contribution in [0.3, 0.4) is 0 Å². The van der Waals surface area contributed by atoms with E-state index in [1.807, 2.05) is 36.4 Å². The molecule has 0 saturated carbocycles. The highest BCUT2D eigenvalue weighted by atomic mass is 79.9. The minimum Gasteiger partial charge on any atom is -0.588 e. The van der Waals surface area contributed by atoms with E-state index in [0.29, 0.717) is 20.8 Å². The van der Waals surface area contributed by atoms with E-state index in [0.717, 1.165) is 11.1 Å². The normalized spacial score (nSPS) is 11.2. The van der Waals surface area contributed by atoms with Gasteiger partial charge in [0.25, 0.3) is 5.91 Å². The molecule has 0 saturated heterocycles. The van der Waals surface area contributed by atoms with Gasteiger partial charge >= 0.3 is 0 Å². The molecule has 1 atom stereocenters. The van der Waals surface area contributed by atoms with Crippen LogP contribution in [0, 0.1) is 18.8 Å². The van der Waals surface area contributed by atoms with Gasteiger partial charge < -0.3 is 9.29 Å². The predicted octanol–water partition coefficient (Wildman–Crippen LogP) is 4.47. The summed E-state index contributed by atoms with van der Waals surface area (Å²) in [5, 5.41) is 9.08. The minimum atomic E-state index is -1.59. The van der Waals surface area contributed by atoms with Crippen molar-refractivity contribution >= 4 is 38.9 Å². The molecule has 164 valence electrons. The van der Waals surface area contributed by atoms with Gasteiger partial charge in [0.05, 0.1) is 12.6 Å². The first-order chi connectivity index (χ1) is 15.4. The number of carbonyl (C=O) groups is 1. The monoisotopic (exact) mass is 512 g/mol. The number of hydrogen-bond donors (Lipinski definition) is 2. The molecule has 0 bridgehead atoms. The molecule has 1 unspecified atom stereocenters. The van der Waals surface area contributed by atoms with Crippen molar-refractivity contribution in [1.29, 1.82) is 0 Å². The predicted molar refractivity (Wildman–Crippen MR) is 128 cm³/mol. The van der Waals surface area contributed by atoms with Crippen molar-refractivity contribution in [1.82, 2.24) is 5.48 Å². The van der Waals surface area contributed by atoms with Crippen LogP contribution in [0.1, 0.15) is 21.5 Å². The Bertz CT molecular complexity index is 1140. The highest BCUT2D eigenvalue weighted by Gasteiger charge is 2.26. The van der Waals surface area contributed by atoms with Gasteiger partial charge in [-0.05, 0) is 61.0 Å². The Morgan fingerprint density at radius 2 is 1.88 bits per heavy atom. The minimum absolute atomic E-state index is 0.201. The molecular weight excluding hydrogens is 492 g/mol. The topological polar surface area (TPSA) is 84.9 Å². The molecule has 6 nitrogen and oxygen atoms in total. The summed E-state index contributed by atoms with van der Waals surface area (Å²) in [7, 11) is 1.63. The molecule has 0 fully saturated rings. The third-order valence-electron chi connectivity index (χ3n) is 4.52. The van der Waals surface area contributed by atoms with Crippen molar-refractivity contribution in [2.24, 2.45) is 0 Å². The summed E-state index contributed by atoms with van der Waals surface area (Å²) in [6.07, 6.45) is 0. The van der Waals surface area contributed by atoms with Gasteiger partial charge in [-0.25, -0.2) is 5.48 Å². The number of anilines is 1. The van der Waals surface area contributed by atoms with Crippen LogP contribution in [0.4, 0.5) is 5.69 Å². The van der Waals surface area contributed by atoms with Gasteiger partial charge in [0, 0.05) is 10.0 Å². The molecule has 0 aromatic heterocycles. The van der Waals surface area contributed by atoms with E-state index in [2.05, 4.69) is 27.8 Å². The third kappa shape index (κ3) is 5.84. The van der Waals surface area contributed by atoms with Crippen molar-refractivity contribution < 1.29 is 19.3 Å². The number of benzene rings is 3. The molecule has 0 spiro atoms. The lowest BCUT2D eigenvalue weighted by Crippen LogP contribution is -2.30. The molecule has 3 aromatic rings. The van der Waals surface area contributed by atoms with Gasteiger partial charge in [-0.3, -0.25) is 10.0 Å². The Hall–Kier alpha value is -2.96. The van der Waals surface area contributed by atoms with Crippen LogP contribution in [-0.4, -0.2) is 29.3 Å². The van der Waals surface area contributed by atoms with Gasteiger partial charge in [0.1, 0.15) is 29.4 Å². The average molecular weight is 513 g/mol. The number of nitrogens with zero attached hydrogens (tertiary/aromatic N) is 1. The van der Waals surface area contributed by atoms with Gasteiger partial charge in [0.15, 0.2) is 4.90 Å². The van der Waals surface area contributed by atoms with E-state index < -0.39 is 17.3 Å². The summed E-state index contributed by atoms with van der Waals surface area (Å²) >= 11 is 1.75. The number of aryl methyl sites for hydroxylation is 1. The molecule has 0 heterocycles. The van der Waals surface area contributed by atoms with Crippen molar-refractivity contribution in [2.45, 2.75) is 11.8 Å². The van der Waals surface area contributed by atoms with Crippen LogP contribution >= 0.6 is 15.9 Å². The largest absolute Gasteiger partial charge is 0.588 e. The fraction of sp³-hybridized carbons (Fsp3) is 0.125. The van der Waals surface area contributed by atoms with Crippen molar-refractivity contribution in [3.63, 3.8) is 0 Å². The number of hydrogen-bond acceptors (Lipinski definition) is 5. The molecule has 8 heteroatoms. The Labute approximate surface area is 198 Å². The zero-order valence-corrected chi connectivity index (χ0v) is 19.9. The molecule has 2 N–H and O–H groups in total. The Kier molecular flexibility index (Phi) is 8.20. The van der Waals surface area contributed by atoms with Crippen molar-refractivity contribution in [3.05, 3.63) is 87.9 Å². The second-order valence-corrected chi connectivity index (χ2v) is 9.17. The first-order valence-electron chi connectivity index (χ1n) is 9.57. The lowest BCUT2D eigenvalue weighted by molar-refractivity contribution is 0.0707. The zero-order chi connectivity index (χ0) is 23.1.